The van der Waals surface area contributed by atoms with Crippen LogP contribution in [-0.4, -0.2) is 36.1 Å². The van der Waals surface area contributed by atoms with Gasteiger partial charge in [0.1, 0.15) is 5.75 Å². The van der Waals surface area contributed by atoms with Crippen LogP contribution in [0, 0.1) is 0 Å². The smallest absolute Gasteiger partial charge is 0.432 e. The first-order chi connectivity index (χ1) is 13.5. The van der Waals surface area contributed by atoms with E-state index in [0.29, 0.717) is 11.3 Å². The number of halogens is 5. The van der Waals surface area contributed by atoms with Gasteiger partial charge < -0.3 is 14.5 Å². The van der Waals surface area contributed by atoms with Crippen molar-refractivity contribution in [3.05, 3.63) is 63.6 Å². The molecule has 0 spiro atoms. The van der Waals surface area contributed by atoms with Crippen LogP contribution in [0.2, 0.25) is 10.0 Å². The molecule has 29 heavy (non-hydrogen) atoms. The van der Waals surface area contributed by atoms with Crippen molar-refractivity contribution in [2.45, 2.75) is 18.2 Å². The van der Waals surface area contributed by atoms with E-state index < -0.39 is 18.2 Å². The number of ether oxygens (including phenoxy) is 1. The molecule has 0 saturated carbocycles. The van der Waals surface area contributed by atoms with Crippen LogP contribution in [0.15, 0.2) is 47.6 Å². The molecule has 3 rings (SSSR count). The highest BCUT2D eigenvalue weighted by Crippen LogP contribution is 2.49. The monoisotopic (exact) mass is 462 g/mol. The lowest BCUT2D eigenvalue weighted by molar-refractivity contribution is -0.275. The summed E-state index contributed by atoms with van der Waals surface area (Å²) >= 11 is 16.9. The van der Waals surface area contributed by atoms with Crippen molar-refractivity contribution >= 4 is 46.3 Å². The molecule has 0 fully saturated rings. The third-order valence-corrected chi connectivity index (χ3v) is 5.16. The second kappa shape index (κ2) is 8.01. The highest BCUT2D eigenvalue weighted by atomic mass is 35.5. The van der Waals surface area contributed by atoms with Crippen molar-refractivity contribution in [2.75, 3.05) is 14.1 Å². The molecule has 4 nitrogen and oxygen atoms in total. The molecule has 0 saturated heterocycles. The molecule has 0 N–H and O–H groups in total. The molecule has 1 aliphatic rings. The molecular weight excluding hydrogens is 448 g/mol. The van der Waals surface area contributed by atoms with Crippen LogP contribution in [-0.2, 0) is 10.4 Å². The van der Waals surface area contributed by atoms with Gasteiger partial charge in [-0.25, -0.2) is 0 Å². The average molecular weight is 463 g/mol. The molecule has 10 heteroatoms. The molecule has 154 valence electrons. The Labute approximate surface area is 180 Å². The Morgan fingerprint density at radius 3 is 2.24 bits per heavy atom. The molecule has 1 aliphatic heterocycles. The van der Waals surface area contributed by atoms with Gasteiger partial charge in [0, 0.05) is 36.1 Å². The predicted molar refractivity (Wildman–Crippen MR) is 110 cm³/mol. The number of benzene rings is 2. The number of nitrogens with zero attached hydrogens (tertiary/aromatic N) is 2. The Hall–Kier alpha value is -2.03. The fraction of sp³-hybridized carbons (Fsp3) is 0.263. The van der Waals surface area contributed by atoms with Crippen LogP contribution < -0.4 is 4.74 Å². The van der Waals surface area contributed by atoms with E-state index >= 15 is 0 Å². The molecule has 0 aromatic heterocycles. The SMILES string of the molecule is CN(C)C(=S)Oc1ccc(C2=NOC(c3cc(Cl)cc(Cl)c3)(C(F)(F)F)C2)cc1. The predicted octanol–water partition coefficient (Wildman–Crippen LogP) is 5.80. The van der Waals surface area contributed by atoms with Gasteiger partial charge in [0.05, 0.1) is 5.71 Å². The van der Waals surface area contributed by atoms with Crippen LogP contribution in [0.3, 0.4) is 0 Å². The third kappa shape index (κ3) is 4.44. The molecule has 1 unspecified atom stereocenters. The number of hydrogen-bond donors (Lipinski definition) is 0. The molecule has 2 aromatic rings. The fourth-order valence-electron chi connectivity index (χ4n) is 2.75. The number of alkyl halides is 3. The fourth-order valence-corrected chi connectivity index (χ4v) is 3.38. The van der Waals surface area contributed by atoms with Crippen LogP contribution in [0.25, 0.3) is 0 Å². The minimum Gasteiger partial charge on any atom is -0.432 e. The molecule has 0 radical (unpaired) electrons. The van der Waals surface area contributed by atoms with Crippen LogP contribution in [0.5, 0.6) is 5.75 Å². The summed E-state index contributed by atoms with van der Waals surface area (Å²) in [7, 11) is 3.47. The maximum atomic E-state index is 14.0. The van der Waals surface area contributed by atoms with Gasteiger partial charge in [-0.15, -0.1) is 0 Å². The zero-order valence-corrected chi connectivity index (χ0v) is 17.6. The first-order valence-corrected chi connectivity index (χ1v) is 9.46. The standard InChI is InChI=1S/C19H15Cl2F3N2O2S/c1-26(2)17(29)27-15-5-3-11(4-6-15)16-10-18(28-25-16,19(22,23)24)12-7-13(20)9-14(21)8-12/h3-9H,10H2,1-2H3. The topological polar surface area (TPSA) is 34.1 Å². The summed E-state index contributed by atoms with van der Waals surface area (Å²) in [6.07, 6.45) is -5.27. The number of thiocarbonyl (C=S) groups is 1. The Morgan fingerprint density at radius 1 is 1.14 bits per heavy atom. The number of hydrogen-bond acceptors (Lipinski definition) is 4. The van der Waals surface area contributed by atoms with Gasteiger partial charge in [0.25, 0.3) is 10.8 Å². The molecule has 2 aromatic carbocycles. The third-order valence-electron chi connectivity index (χ3n) is 4.27. The van der Waals surface area contributed by atoms with Crippen LogP contribution in [0.4, 0.5) is 13.2 Å². The summed E-state index contributed by atoms with van der Waals surface area (Å²) in [6, 6.07) is 10.1. The highest BCUT2D eigenvalue weighted by molar-refractivity contribution is 7.80. The summed E-state index contributed by atoms with van der Waals surface area (Å²) in [4.78, 5) is 6.60. The maximum absolute atomic E-state index is 14.0. The summed E-state index contributed by atoms with van der Waals surface area (Å²) in [5.41, 5.74) is -2.27. The van der Waals surface area contributed by atoms with Crippen LogP contribution in [0.1, 0.15) is 17.5 Å². The summed E-state index contributed by atoms with van der Waals surface area (Å²) < 4.78 is 47.5. The summed E-state index contributed by atoms with van der Waals surface area (Å²) in [5, 5.41) is 4.12. The van der Waals surface area contributed by atoms with Crippen molar-refractivity contribution in [3.8, 4) is 5.75 Å². The Bertz CT molecular complexity index is 945. The van der Waals surface area contributed by atoms with Crippen LogP contribution >= 0.6 is 35.4 Å². The number of oxime groups is 1. The lowest BCUT2D eigenvalue weighted by Crippen LogP contribution is -2.42. The Kier molecular flexibility index (Phi) is 5.98. The molecule has 0 bridgehead atoms. The van der Waals surface area contributed by atoms with Crippen molar-refractivity contribution < 1.29 is 22.7 Å². The lowest BCUT2D eigenvalue weighted by atomic mass is 9.86. The zero-order chi connectivity index (χ0) is 21.4. The molecule has 1 heterocycles. The average Bonchev–Trinajstić information content (AvgIpc) is 3.08. The minimum absolute atomic E-state index is 0.0755. The number of rotatable bonds is 3. The second-order valence-corrected chi connectivity index (χ2v) is 7.80. The van der Waals surface area contributed by atoms with Gasteiger partial charge in [-0.05, 0) is 60.2 Å². The summed E-state index contributed by atoms with van der Waals surface area (Å²) in [5.74, 6) is 0.454. The van der Waals surface area contributed by atoms with E-state index in [9.17, 15) is 13.2 Å². The van der Waals surface area contributed by atoms with Crippen molar-refractivity contribution in [1.82, 2.24) is 4.90 Å². The van der Waals surface area contributed by atoms with E-state index in [1.807, 2.05) is 0 Å². The van der Waals surface area contributed by atoms with Crippen molar-refractivity contribution in [3.63, 3.8) is 0 Å². The van der Waals surface area contributed by atoms with E-state index in [1.165, 1.54) is 18.2 Å². The highest BCUT2D eigenvalue weighted by Gasteiger charge is 2.62. The quantitative estimate of drug-likeness (QED) is 0.539. The van der Waals surface area contributed by atoms with E-state index in [1.54, 1.807) is 43.3 Å². The van der Waals surface area contributed by atoms with Gasteiger partial charge in [-0.1, -0.05) is 28.4 Å². The molecule has 0 amide bonds. The largest absolute Gasteiger partial charge is 0.435 e. The first-order valence-electron chi connectivity index (χ1n) is 8.30. The second-order valence-electron chi connectivity index (χ2n) is 6.58. The van der Waals surface area contributed by atoms with Gasteiger partial charge >= 0.3 is 6.18 Å². The summed E-state index contributed by atoms with van der Waals surface area (Å²) in [6.45, 7) is 0. The van der Waals surface area contributed by atoms with E-state index in [4.69, 9.17) is 45.0 Å². The van der Waals surface area contributed by atoms with Gasteiger partial charge in [0.15, 0.2) is 0 Å². The van der Waals surface area contributed by atoms with Crippen molar-refractivity contribution in [2.24, 2.45) is 5.16 Å². The first kappa shape index (κ1) is 21.7. The van der Waals surface area contributed by atoms with Gasteiger partial charge in [0.2, 0.25) is 0 Å². The van der Waals surface area contributed by atoms with Gasteiger partial charge in [-0.2, -0.15) is 13.2 Å². The van der Waals surface area contributed by atoms with Crippen molar-refractivity contribution in [1.29, 1.82) is 0 Å². The maximum Gasteiger partial charge on any atom is 0.435 e. The minimum atomic E-state index is -4.74. The molecule has 1 atom stereocenters. The van der Waals surface area contributed by atoms with E-state index in [0.717, 1.165) is 0 Å². The van der Waals surface area contributed by atoms with Gasteiger partial charge in [-0.3, -0.25) is 0 Å². The lowest BCUT2D eigenvalue weighted by Gasteiger charge is -2.29. The zero-order valence-electron chi connectivity index (χ0n) is 15.3. The Morgan fingerprint density at radius 2 is 1.72 bits per heavy atom. The molecular formula is C19H15Cl2F3N2O2S. The Balaban J connectivity index is 1.88. The normalized spacial score (nSPS) is 18.8. The molecule has 0 aliphatic carbocycles. The van der Waals surface area contributed by atoms with E-state index in [2.05, 4.69) is 5.16 Å². The van der Waals surface area contributed by atoms with E-state index in [-0.39, 0.29) is 26.5 Å².